The number of rotatable bonds is 6. The summed E-state index contributed by atoms with van der Waals surface area (Å²) >= 11 is 5.68. The minimum atomic E-state index is -0.730. The SMILES string of the molecule is COc1ccccc1CN1C(=S)N[C@@H](c2ccccc2F)C(C(=O)Nc2ccccc2C)=C1C. The van der Waals surface area contributed by atoms with Crippen LogP contribution in [0.4, 0.5) is 10.1 Å². The molecule has 1 aliphatic rings. The Hall–Kier alpha value is -3.71. The Morgan fingerprint density at radius 3 is 2.47 bits per heavy atom. The number of hydrogen-bond acceptors (Lipinski definition) is 3. The van der Waals surface area contributed by atoms with Gasteiger partial charge in [-0.3, -0.25) is 4.79 Å². The molecule has 1 amide bonds. The molecule has 0 radical (unpaired) electrons. The third kappa shape index (κ3) is 4.65. The first kappa shape index (κ1) is 23.4. The molecule has 5 nitrogen and oxygen atoms in total. The lowest BCUT2D eigenvalue weighted by atomic mass is 9.93. The van der Waals surface area contributed by atoms with Crippen molar-refractivity contribution in [2.24, 2.45) is 0 Å². The molecule has 0 aliphatic carbocycles. The van der Waals surface area contributed by atoms with Gasteiger partial charge in [-0.25, -0.2) is 4.39 Å². The predicted molar refractivity (Wildman–Crippen MR) is 136 cm³/mol. The minimum Gasteiger partial charge on any atom is -0.496 e. The van der Waals surface area contributed by atoms with Gasteiger partial charge in [0.1, 0.15) is 11.6 Å². The van der Waals surface area contributed by atoms with Crippen LogP contribution >= 0.6 is 12.2 Å². The minimum absolute atomic E-state index is 0.319. The standard InChI is InChI=1S/C27H26FN3O2S/c1-17-10-4-8-14-22(17)29-26(32)24-18(2)31(16-19-11-5-9-15-23(19)33-3)27(34)30-25(24)20-12-6-7-13-21(20)28/h4-15,25H,16H2,1-3H3,(H,29,32)(H,30,34)/t25-/m0/s1. The van der Waals surface area contributed by atoms with Crippen LogP contribution in [0.25, 0.3) is 0 Å². The lowest BCUT2D eigenvalue weighted by molar-refractivity contribution is -0.113. The molecule has 1 aliphatic heterocycles. The van der Waals surface area contributed by atoms with Gasteiger partial charge in [-0.2, -0.15) is 0 Å². The van der Waals surface area contributed by atoms with E-state index < -0.39 is 11.9 Å². The summed E-state index contributed by atoms with van der Waals surface area (Å²) in [5.74, 6) is -0.00436. The van der Waals surface area contributed by atoms with Gasteiger partial charge < -0.3 is 20.3 Å². The lowest BCUT2D eigenvalue weighted by Crippen LogP contribution is -2.48. The van der Waals surface area contributed by atoms with Gasteiger partial charge in [0, 0.05) is 22.5 Å². The van der Waals surface area contributed by atoms with Gasteiger partial charge in [0.05, 0.1) is 25.3 Å². The molecule has 0 spiro atoms. The van der Waals surface area contributed by atoms with Crippen molar-refractivity contribution >= 4 is 28.9 Å². The summed E-state index contributed by atoms with van der Waals surface area (Å²) in [5.41, 5.74) is 3.95. The van der Waals surface area contributed by atoms with Crippen LogP contribution in [-0.4, -0.2) is 23.0 Å². The average Bonchev–Trinajstić information content (AvgIpc) is 2.83. The van der Waals surface area contributed by atoms with Crippen molar-refractivity contribution in [3.63, 3.8) is 0 Å². The van der Waals surface area contributed by atoms with Gasteiger partial charge in [0.25, 0.3) is 5.91 Å². The second-order valence-corrected chi connectivity index (χ2v) is 8.46. The Bertz CT molecular complexity index is 1270. The number of carbonyl (C=O) groups excluding carboxylic acids is 1. The summed E-state index contributed by atoms with van der Waals surface area (Å²) in [4.78, 5) is 15.5. The van der Waals surface area contributed by atoms with E-state index in [9.17, 15) is 9.18 Å². The van der Waals surface area contributed by atoms with Gasteiger partial charge in [-0.1, -0.05) is 54.6 Å². The maximum Gasteiger partial charge on any atom is 0.255 e. The molecule has 1 heterocycles. The molecule has 0 bridgehead atoms. The molecule has 0 aromatic heterocycles. The number of nitrogens with zero attached hydrogens (tertiary/aromatic N) is 1. The highest BCUT2D eigenvalue weighted by Crippen LogP contribution is 2.34. The fraction of sp³-hybridized carbons (Fsp3) is 0.185. The summed E-state index contributed by atoms with van der Waals surface area (Å²) in [6.07, 6.45) is 0. The largest absolute Gasteiger partial charge is 0.496 e. The fourth-order valence-corrected chi connectivity index (χ4v) is 4.43. The zero-order valence-corrected chi connectivity index (χ0v) is 20.1. The van der Waals surface area contributed by atoms with Crippen LogP contribution < -0.4 is 15.4 Å². The van der Waals surface area contributed by atoms with Crippen LogP contribution in [0.2, 0.25) is 0 Å². The number of ether oxygens (including phenoxy) is 1. The van der Waals surface area contributed by atoms with Gasteiger partial charge >= 0.3 is 0 Å². The molecule has 0 fully saturated rings. The molecule has 7 heteroatoms. The van der Waals surface area contributed by atoms with E-state index in [1.807, 2.05) is 67.3 Å². The van der Waals surface area contributed by atoms with Crippen molar-refractivity contribution in [2.45, 2.75) is 26.4 Å². The number of anilines is 1. The average molecular weight is 476 g/mol. The maximum atomic E-state index is 14.8. The van der Waals surface area contributed by atoms with E-state index in [0.29, 0.717) is 34.2 Å². The van der Waals surface area contributed by atoms with E-state index in [1.54, 1.807) is 25.3 Å². The first-order valence-corrected chi connectivity index (χ1v) is 11.3. The summed E-state index contributed by atoms with van der Waals surface area (Å²) < 4.78 is 20.3. The molecule has 1 atom stereocenters. The molecular formula is C27H26FN3O2S. The van der Waals surface area contributed by atoms with Crippen LogP contribution in [0.3, 0.4) is 0 Å². The smallest absolute Gasteiger partial charge is 0.255 e. The van der Waals surface area contributed by atoms with Crippen LogP contribution in [0, 0.1) is 12.7 Å². The van der Waals surface area contributed by atoms with E-state index in [2.05, 4.69) is 10.6 Å². The summed E-state index contributed by atoms with van der Waals surface area (Å²) in [6, 6.07) is 20.9. The maximum absolute atomic E-state index is 14.8. The van der Waals surface area contributed by atoms with Gasteiger partial charge in [0.2, 0.25) is 0 Å². The second kappa shape index (κ2) is 10.1. The van der Waals surface area contributed by atoms with Crippen LogP contribution in [0.1, 0.15) is 29.7 Å². The Morgan fingerprint density at radius 1 is 1.06 bits per heavy atom. The Kier molecular flexibility index (Phi) is 6.93. The highest BCUT2D eigenvalue weighted by Gasteiger charge is 2.35. The highest BCUT2D eigenvalue weighted by molar-refractivity contribution is 7.80. The number of para-hydroxylation sites is 2. The molecule has 3 aromatic carbocycles. The Balaban J connectivity index is 1.79. The van der Waals surface area contributed by atoms with Gasteiger partial charge in [0.15, 0.2) is 5.11 Å². The van der Waals surface area contributed by atoms with Crippen molar-refractivity contribution in [2.75, 3.05) is 12.4 Å². The molecule has 2 N–H and O–H groups in total. The number of allylic oxidation sites excluding steroid dienone is 1. The number of nitrogens with one attached hydrogen (secondary N) is 2. The summed E-state index contributed by atoms with van der Waals surface area (Å²) in [7, 11) is 1.61. The number of carbonyl (C=O) groups is 1. The molecule has 0 saturated heterocycles. The van der Waals surface area contributed by atoms with Gasteiger partial charge in [-0.05, 0) is 49.8 Å². The van der Waals surface area contributed by atoms with Crippen LogP contribution in [0.15, 0.2) is 84.1 Å². The zero-order valence-electron chi connectivity index (χ0n) is 19.3. The number of amides is 1. The van der Waals surface area contributed by atoms with Crippen molar-refractivity contribution in [1.82, 2.24) is 10.2 Å². The van der Waals surface area contributed by atoms with E-state index in [0.717, 1.165) is 16.9 Å². The summed E-state index contributed by atoms with van der Waals surface area (Å²) in [6.45, 7) is 4.16. The quantitative estimate of drug-likeness (QED) is 0.462. The molecule has 0 saturated carbocycles. The number of halogens is 1. The number of benzene rings is 3. The number of methoxy groups -OCH3 is 1. The van der Waals surface area contributed by atoms with Crippen molar-refractivity contribution < 1.29 is 13.9 Å². The fourth-order valence-electron chi connectivity index (χ4n) is 4.12. The van der Waals surface area contributed by atoms with E-state index in [4.69, 9.17) is 17.0 Å². The van der Waals surface area contributed by atoms with Crippen LogP contribution in [0.5, 0.6) is 5.75 Å². The van der Waals surface area contributed by atoms with Crippen molar-refractivity contribution in [3.05, 3.63) is 107 Å². The second-order valence-electron chi connectivity index (χ2n) is 8.07. The van der Waals surface area contributed by atoms with E-state index in [-0.39, 0.29) is 5.91 Å². The number of hydrogen-bond donors (Lipinski definition) is 2. The number of aryl methyl sites for hydroxylation is 1. The third-order valence-electron chi connectivity index (χ3n) is 5.97. The highest BCUT2D eigenvalue weighted by atomic mass is 32.1. The van der Waals surface area contributed by atoms with E-state index >= 15 is 0 Å². The Morgan fingerprint density at radius 2 is 1.74 bits per heavy atom. The molecule has 34 heavy (non-hydrogen) atoms. The first-order chi connectivity index (χ1) is 16.4. The van der Waals surface area contributed by atoms with Crippen LogP contribution in [-0.2, 0) is 11.3 Å². The zero-order chi connectivity index (χ0) is 24.2. The predicted octanol–water partition coefficient (Wildman–Crippen LogP) is 5.49. The lowest BCUT2D eigenvalue weighted by Gasteiger charge is -2.38. The molecule has 4 rings (SSSR count). The number of thiocarbonyl (C=S) groups is 1. The van der Waals surface area contributed by atoms with Gasteiger partial charge in [-0.15, -0.1) is 0 Å². The Labute approximate surface area is 204 Å². The summed E-state index contributed by atoms with van der Waals surface area (Å²) in [5, 5.41) is 6.60. The molecule has 0 unspecified atom stereocenters. The third-order valence-corrected chi connectivity index (χ3v) is 6.31. The first-order valence-electron chi connectivity index (χ1n) is 10.9. The monoisotopic (exact) mass is 475 g/mol. The molecule has 3 aromatic rings. The van der Waals surface area contributed by atoms with Crippen molar-refractivity contribution in [3.8, 4) is 5.75 Å². The van der Waals surface area contributed by atoms with E-state index in [1.165, 1.54) is 6.07 Å². The molecule has 174 valence electrons. The topological polar surface area (TPSA) is 53.6 Å². The van der Waals surface area contributed by atoms with Crippen molar-refractivity contribution in [1.29, 1.82) is 0 Å². The molecular weight excluding hydrogens is 449 g/mol. The normalized spacial score (nSPS) is 15.7.